The van der Waals surface area contributed by atoms with Crippen molar-refractivity contribution in [1.82, 2.24) is 0 Å². The lowest BCUT2D eigenvalue weighted by atomic mass is 9.89. The first kappa shape index (κ1) is 17.9. The van der Waals surface area contributed by atoms with Gasteiger partial charge in [0.25, 0.3) is 0 Å². The van der Waals surface area contributed by atoms with Crippen molar-refractivity contribution in [2.75, 3.05) is 6.79 Å². The molecule has 3 rings (SSSR count). The van der Waals surface area contributed by atoms with E-state index in [9.17, 15) is 14.4 Å². The Bertz CT molecular complexity index is 836. The van der Waals surface area contributed by atoms with E-state index in [4.69, 9.17) is 4.74 Å². The number of aryl methyl sites for hydroxylation is 2. The molecule has 0 aliphatic heterocycles. The van der Waals surface area contributed by atoms with Gasteiger partial charge in [-0.3, -0.25) is 9.59 Å². The van der Waals surface area contributed by atoms with Gasteiger partial charge in [0, 0.05) is 18.1 Å². The lowest BCUT2D eigenvalue weighted by molar-refractivity contribution is -0.149. The first-order valence-electron chi connectivity index (χ1n) is 8.61. The Balaban J connectivity index is 1.69. The molecule has 26 heavy (non-hydrogen) atoms. The largest absolute Gasteiger partial charge is 0.428 e. The summed E-state index contributed by atoms with van der Waals surface area (Å²) in [6.07, 6.45) is 4.46. The number of carbonyl (C=O) groups is 3. The molecule has 0 atom stereocenters. The predicted octanol–water partition coefficient (Wildman–Crippen LogP) is 3.47. The number of hydrogen-bond donors (Lipinski definition) is 0. The van der Waals surface area contributed by atoms with Crippen LogP contribution in [-0.2, 0) is 27.1 Å². The monoisotopic (exact) mass is 352 g/mol. The van der Waals surface area contributed by atoms with E-state index in [1.165, 1.54) is 36.6 Å². The van der Waals surface area contributed by atoms with Crippen LogP contribution in [0.1, 0.15) is 57.2 Å². The molecule has 0 unspecified atom stereocenters. The maximum Gasteiger partial charge on any atom is 0.340 e. The highest BCUT2D eigenvalue weighted by Gasteiger charge is 2.15. The molecule has 0 spiro atoms. The molecule has 0 fully saturated rings. The molecule has 0 aromatic heterocycles. The van der Waals surface area contributed by atoms with Gasteiger partial charge in [0.15, 0.2) is 5.78 Å². The molecule has 0 heterocycles. The standard InChI is InChI=1S/C21H20O5/c1-14(22)25-13-26-21(24)17-9-7-16(8-10-17)20(23)19-11-6-15-4-2-3-5-18(15)12-19/h6-12H,2-5,13H2,1H3. The molecule has 0 radical (unpaired) electrons. The van der Waals surface area contributed by atoms with Gasteiger partial charge in [0.2, 0.25) is 6.79 Å². The second-order valence-electron chi connectivity index (χ2n) is 6.28. The van der Waals surface area contributed by atoms with Crippen LogP contribution in [0.2, 0.25) is 0 Å². The molecule has 134 valence electrons. The normalized spacial score (nSPS) is 12.8. The third-order valence-electron chi connectivity index (χ3n) is 4.45. The number of carbonyl (C=O) groups excluding carboxylic acids is 3. The zero-order valence-electron chi connectivity index (χ0n) is 14.6. The summed E-state index contributed by atoms with van der Waals surface area (Å²) in [5.74, 6) is -1.21. The van der Waals surface area contributed by atoms with E-state index in [1.54, 1.807) is 12.1 Å². The predicted molar refractivity (Wildman–Crippen MR) is 95.0 cm³/mol. The second-order valence-corrected chi connectivity index (χ2v) is 6.28. The van der Waals surface area contributed by atoms with Crippen molar-refractivity contribution in [2.45, 2.75) is 32.6 Å². The lowest BCUT2D eigenvalue weighted by Gasteiger charge is -2.16. The van der Waals surface area contributed by atoms with Gasteiger partial charge in [-0.05, 0) is 55.0 Å². The fourth-order valence-corrected chi connectivity index (χ4v) is 3.05. The number of ether oxygens (including phenoxy) is 2. The Morgan fingerprint density at radius 1 is 0.808 bits per heavy atom. The molecule has 0 bridgehead atoms. The van der Waals surface area contributed by atoms with Gasteiger partial charge in [-0.2, -0.15) is 0 Å². The molecule has 0 saturated carbocycles. The summed E-state index contributed by atoms with van der Waals surface area (Å²) in [4.78, 5) is 35.2. The van der Waals surface area contributed by atoms with Gasteiger partial charge in [0.1, 0.15) is 0 Å². The highest BCUT2D eigenvalue weighted by molar-refractivity contribution is 6.09. The number of ketones is 1. The topological polar surface area (TPSA) is 69.7 Å². The fraction of sp³-hybridized carbons (Fsp3) is 0.286. The van der Waals surface area contributed by atoms with E-state index in [0.29, 0.717) is 16.7 Å². The van der Waals surface area contributed by atoms with Gasteiger partial charge >= 0.3 is 11.9 Å². The SMILES string of the molecule is CC(=O)OCOC(=O)c1ccc(C(=O)c2ccc3c(c2)CCCC3)cc1. The van der Waals surface area contributed by atoms with Crippen molar-refractivity contribution in [3.05, 3.63) is 70.3 Å². The van der Waals surface area contributed by atoms with E-state index in [1.807, 2.05) is 18.2 Å². The van der Waals surface area contributed by atoms with Crippen molar-refractivity contribution in [1.29, 1.82) is 0 Å². The molecule has 1 aliphatic rings. The first-order valence-corrected chi connectivity index (χ1v) is 8.61. The van der Waals surface area contributed by atoms with Crippen molar-refractivity contribution in [3.63, 3.8) is 0 Å². The van der Waals surface area contributed by atoms with Crippen molar-refractivity contribution >= 4 is 17.7 Å². The highest BCUT2D eigenvalue weighted by atomic mass is 16.7. The average molecular weight is 352 g/mol. The minimum Gasteiger partial charge on any atom is -0.428 e. The minimum atomic E-state index is -0.612. The van der Waals surface area contributed by atoms with Crippen LogP contribution in [0.15, 0.2) is 42.5 Å². The maximum absolute atomic E-state index is 12.7. The van der Waals surface area contributed by atoms with E-state index in [0.717, 1.165) is 19.3 Å². The van der Waals surface area contributed by atoms with Crippen LogP contribution < -0.4 is 0 Å². The van der Waals surface area contributed by atoms with E-state index < -0.39 is 18.7 Å². The second kappa shape index (κ2) is 7.95. The highest BCUT2D eigenvalue weighted by Crippen LogP contribution is 2.23. The van der Waals surface area contributed by atoms with E-state index >= 15 is 0 Å². The third-order valence-corrected chi connectivity index (χ3v) is 4.45. The van der Waals surface area contributed by atoms with Gasteiger partial charge in [0.05, 0.1) is 5.56 Å². The molecular weight excluding hydrogens is 332 g/mol. The van der Waals surface area contributed by atoms with Gasteiger partial charge in [-0.25, -0.2) is 4.79 Å². The van der Waals surface area contributed by atoms with Crippen LogP contribution >= 0.6 is 0 Å². The van der Waals surface area contributed by atoms with Gasteiger partial charge in [-0.15, -0.1) is 0 Å². The van der Waals surface area contributed by atoms with Gasteiger partial charge < -0.3 is 9.47 Å². The van der Waals surface area contributed by atoms with Crippen LogP contribution in [0.3, 0.4) is 0 Å². The number of benzene rings is 2. The fourth-order valence-electron chi connectivity index (χ4n) is 3.05. The number of rotatable bonds is 5. The average Bonchev–Trinajstić information content (AvgIpc) is 2.66. The molecule has 0 amide bonds. The smallest absolute Gasteiger partial charge is 0.340 e. The van der Waals surface area contributed by atoms with E-state index in [2.05, 4.69) is 4.74 Å². The summed E-state index contributed by atoms with van der Waals surface area (Å²) < 4.78 is 9.38. The maximum atomic E-state index is 12.7. The molecule has 0 saturated heterocycles. The molecule has 5 heteroatoms. The Morgan fingerprint density at radius 3 is 2.12 bits per heavy atom. The van der Waals surface area contributed by atoms with Crippen LogP contribution in [0.25, 0.3) is 0 Å². The van der Waals surface area contributed by atoms with Crippen LogP contribution in [0.5, 0.6) is 0 Å². The molecule has 5 nitrogen and oxygen atoms in total. The lowest BCUT2D eigenvalue weighted by Crippen LogP contribution is -2.11. The summed E-state index contributed by atoms with van der Waals surface area (Å²) in [5, 5.41) is 0. The van der Waals surface area contributed by atoms with Crippen LogP contribution in [0.4, 0.5) is 0 Å². The summed E-state index contributed by atoms with van der Waals surface area (Å²) in [7, 11) is 0. The Morgan fingerprint density at radius 2 is 1.42 bits per heavy atom. The zero-order valence-corrected chi connectivity index (χ0v) is 14.6. The van der Waals surface area contributed by atoms with Crippen LogP contribution in [-0.4, -0.2) is 24.5 Å². The first-order chi connectivity index (χ1) is 12.5. The van der Waals surface area contributed by atoms with Crippen LogP contribution in [0, 0.1) is 0 Å². The molecule has 0 N–H and O–H groups in total. The van der Waals surface area contributed by atoms with Gasteiger partial charge in [-0.1, -0.05) is 24.3 Å². The Kier molecular flexibility index (Phi) is 5.46. The number of fused-ring (bicyclic) bond motifs is 1. The molecule has 2 aromatic rings. The summed E-state index contributed by atoms with van der Waals surface area (Å²) in [5.41, 5.74) is 4.05. The molecule has 2 aromatic carbocycles. The zero-order chi connectivity index (χ0) is 18.5. The summed E-state index contributed by atoms with van der Waals surface area (Å²) >= 11 is 0. The minimum absolute atomic E-state index is 0.0711. The number of hydrogen-bond acceptors (Lipinski definition) is 5. The Labute approximate surface area is 151 Å². The Hall–Kier alpha value is -2.95. The quantitative estimate of drug-likeness (QED) is 0.468. The number of esters is 2. The summed E-state index contributed by atoms with van der Waals surface area (Å²) in [6.45, 7) is 0.804. The molecule has 1 aliphatic carbocycles. The summed E-state index contributed by atoms with van der Waals surface area (Å²) in [6, 6.07) is 12.2. The molecular formula is C21H20O5. The van der Waals surface area contributed by atoms with Crippen molar-refractivity contribution in [3.8, 4) is 0 Å². The van der Waals surface area contributed by atoms with E-state index in [-0.39, 0.29) is 5.78 Å². The van der Waals surface area contributed by atoms with Crippen molar-refractivity contribution in [2.24, 2.45) is 0 Å². The van der Waals surface area contributed by atoms with Crippen molar-refractivity contribution < 1.29 is 23.9 Å². The third kappa shape index (κ3) is 4.17.